The number of aliphatic hydroxyl groups is 1. The number of amides is 1. The van der Waals surface area contributed by atoms with Crippen molar-refractivity contribution in [2.24, 2.45) is 0 Å². The Morgan fingerprint density at radius 1 is 1.18 bits per heavy atom. The molecular weight excluding hydrogens is 278 g/mol. The molecule has 4 nitrogen and oxygen atoms in total. The molecule has 22 heavy (non-hydrogen) atoms. The molecule has 0 aliphatic carbocycles. The Balaban J connectivity index is 2.28. The molecule has 1 atom stereocenters. The average molecular weight is 301 g/mol. The molecule has 0 radical (unpaired) electrons. The summed E-state index contributed by atoms with van der Waals surface area (Å²) in [7, 11) is 0. The van der Waals surface area contributed by atoms with Crippen molar-refractivity contribution in [3.05, 3.63) is 47.2 Å². The van der Waals surface area contributed by atoms with E-state index in [1.165, 1.54) is 6.92 Å². The third kappa shape index (κ3) is 3.21. The van der Waals surface area contributed by atoms with Crippen molar-refractivity contribution in [2.45, 2.75) is 45.6 Å². The standard InChI is InChI=1S/C18H23NO3/c1-3-4-5-9-12-19-16(14-10-7-6-8-11-14)15(13(2)20)17(21)18(19)22/h6-8,10-11,16,21H,3-5,9,12H2,1-2H3/t16-/m0/s1. The normalized spacial score (nSPS) is 18.2. The van der Waals surface area contributed by atoms with Crippen molar-refractivity contribution >= 4 is 11.7 Å². The highest BCUT2D eigenvalue weighted by atomic mass is 16.3. The second-order valence-electron chi connectivity index (χ2n) is 5.69. The molecule has 1 aliphatic heterocycles. The molecule has 4 heteroatoms. The van der Waals surface area contributed by atoms with Crippen molar-refractivity contribution in [1.29, 1.82) is 0 Å². The lowest BCUT2D eigenvalue weighted by molar-refractivity contribution is -0.129. The van der Waals surface area contributed by atoms with Gasteiger partial charge in [0.25, 0.3) is 5.91 Å². The molecule has 0 spiro atoms. The van der Waals surface area contributed by atoms with Gasteiger partial charge in [0, 0.05) is 6.54 Å². The van der Waals surface area contributed by atoms with Gasteiger partial charge in [0.05, 0.1) is 11.6 Å². The van der Waals surface area contributed by atoms with Crippen LogP contribution in [0, 0.1) is 0 Å². The van der Waals surface area contributed by atoms with Crippen molar-refractivity contribution < 1.29 is 14.7 Å². The van der Waals surface area contributed by atoms with Gasteiger partial charge in [-0.15, -0.1) is 0 Å². The highest BCUT2D eigenvalue weighted by molar-refractivity contribution is 6.08. The molecular formula is C18H23NO3. The monoisotopic (exact) mass is 301 g/mol. The van der Waals surface area contributed by atoms with Gasteiger partial charge < -0.3 is 10.0 Å². The number of hydrogen-bond acceptors (Lipinski definition) is 3. The zero-order valence-electron chi connectivity index (χ0n) is 13.2. The first-order valence-corrected chi connectivity index (χ1v) is 7.88. The van der Waals surface area contributed by atoms with E-state index in [1.807, 2.05) is 30.3 Å². The number of benzene rings is 1. The number of rotatable bonds is 7. The molecule has 0 bridgehead atoms. The minimum Gasteiger partial charge on any atom is -0.503 e. The number of hydrogen-bond donors (Lipinski definition) is 1. The molecule has 0 unspecified atom stereocenters. The number of carbonyl (C=O) groups is 2. The Morgan fingerprint density at radius 2 is 1.86 bits per heavy atom. The van der Waals surface area contributed by atoms with Gasteiger partial charge in [0.15, 0.2) is 11.5 Å². The van der Waals surface area contributed by atoms with Gasteiger partial charge >= 0.3 is 0 Å². The van der Waals surface area contributed by atoms with Crippen molar-refractivity contribution in [3.8, 4) is 0 Å². The number of carbonyl (C=O) groups excluding carboxylic acids is 2. The van der Waals surface area contributed by atoms with Gasteiger partial charge in [-0.3, -0.25) is 9.59 Å². The fraction of sp³-hybridized carbons (Fsp3) is 0.444. The Hall–Kier alpha value is -2.10. The van der Waals surface area contributed by atoms with E-state index in [9.17, 15) is 14.7 Å². The van der Waals surface area contributed by atoms with E-state index in [1.54, 1.807) is 4.90 Å². The lowest BCUT2D eigenvalue weighted by atomic mass is 9.96. The maximum atomic E-state index is 12.3. The Bertz CT molecular complexity index is 577. The van der Waals surface area contributed by atoms with Crippen LogP contribution < -0.4 is 0 Å². The van der Waals surface area contributed by atoms with Crippen LogP contribution in [0.5, 0.6) is 0 Å². The molecule has 2 rings (SSSR count). The molecule has 0 aromatic heterocycles. The third-order valence-corrected chi connectivity index (χ3v) is 4.05. The largest absolute Gasteiger partial charge is 0.503 e. The summed E-state index contributed by atoms with van der Waals surface area (Å²) in [6.45, 7) is 4.09. The number of nitrogens with zero attached hydrogens (tertiary/aromatic N) is 1. The van der Waals surface area contributed by atoms with Gasteiger partial charge in [0.2, 0.25) is 0 Å². The first-order valence-electron chi connectivity index (χ1n) is 7.88. The van der Waals surface area contributed by atoms with Crippen LogP contribution in [-0.4, -0.2) is 28.2 Å². The topological polar surface area (TPSA) is 57.6 Å². The van der Waals surface area contributed by atoms with E-state index >= 15 is 0 Å². The van der Waals surface area contributed by atoms with E-state index < -0.39 is 17.7 Å². The van der Waals surface area contributed by atoms with Gasteiger partial charge in [0.1, 0.15) is 0 Å². The van der Waals surface area contributed by atoms with Gasteiger partial charge in [-0.2, -0.15) is 0 Å². The Morgan fingerprint density at radius 3 is 2.45 bits per heavy atom. The van der Waals surface area contributed by atoms with Gasteiger partial charge in [-0.1, -0.05) is 56.5 Å². The minimum atomic E-state index is -0.465. The number of ketones is 1. The van der Waals surface area contributed by atoms with Crippen LogP contribution in [-0.2, 0) is 9.59 Å². The maximum absolute atomic E-state index is 12.3. The van der Waals surface area contributed by atoms with Crippen LogP contribution in [0.15, 0.2) is 41.7 Å². The number of unbranched alkanes of at least 4 members (excludes halogenated alkanes) is 3. The van der Waals surface area contributed by atoms with Gasteiger partial charge in [-0.05, 0) is 18.9 Å². The van der Waals surface area contributed by atoms with E-state index in [4.69, 9.17) is 0 Å². The average Bonchev–Trinajstić information content (AvgIpc) is 2.77. The first kappa shape index (κ1) is 16.3. The third-order valence-electron chi connectivity index (χ3n) is 4.05. The predicted molar refractivity (Wildman–Crippen MR) is 85.4 cm³/mol. The molecule has 118 valence electrons. The van der Waals surface area contributed by atoms with Crippen molar-refractivity contribution in [1.82, 2.24) is 4.90 Å². The molecule has 1 aromatic rings. The maximum Gasteiger partial charge on any atom is 0.290 e. The van der Waals surface area contributed by atoms with Crippen LogP contribution >= 0.6 is 0 Å². The smallest absolute Gasteiger partial charge is 0.290 e. The first-order chi connectivity index (χ1) is 10.6. The summed E-state index contributed by atoms with van der Waals surface area (Å²) < 4.78 is 0. The van der Waals surface area contributed by atoms with E-state index in [2.05, 4.69) is 6.92 Å². The highest BCUT2D eigenvalue weighted by Gasteiger charge is 2.41. The molecule has 1 amide bonds. The molecule has 1 aliphatic rings. The SMILES string of the molecule is CCCCCCN1C(=O)C(O)=C(C(C)=O)[C@@H]1c1ccccc1. The zero-order chi connectivity index (χ0) is 16.1. The van der Waals surface area contributed by atoms with Crippen LogP contribution in [0.4, 0.5) is 0 Å². The van der Waals surface area contributed by atoms with Crippen LogP contribution in [0.2, 0.25) is 0 Å². The summed E-state index contributed by atoms with van der Waals surface area (Å²) in [5.74, 6) is -1.08. The quantitative estimate of drug-likeness (QED) is 0.784. The molecule has 1 N–H and O–H groups in total. The summed E-state index contributed by atoms with van der Waals surface area (Å²) in [6, 6.07) is 8.96. The lowest BCUT2D eigenvalue weighted by Gasteiger charge is -2.26. The van der Waals surface area contributed by atoms with Gasteiger partial charge in [-0.25, -0.2) is 0 Å². The zero-order valence-corrected chi connectivity index (χ0v) is 13.2. The van der Waals surface area contributed by atoms with Crippen LogP contribution in [0.25, 0.3) is 0 Å². The Labute approximate surface area is 131 Å². The lowest BCUT2D eigenvalue weighted by Crippen LogP contribution is -2.32. The van der Waals surface area contributed by atoms with E-state index in [0.717, 1.165) is 31.2 Å². The predicted octanol–water partition coefficient (Wildman–Crippen LogP) is 3.55. The highest BCUT2D eigenvalue weighted by Crippen LogP contribution is 2.37. The summed E-state index contributed by atoms with van der Waals surface area (Å²) in [6.07, 6.45) is 4.16. The number of aliphatic hydroxyl groups excluding tert-OH is 1. The van der Waals surface area contributed by atoms with Crippen molar-refractivity contribution in [3.63, 3.8) is 0 Å². The molecule has 1 heterocycles. The van der Waals surface area contributed by atoms with Crippen LogP contribution in [0.3, 0.4) is 0 Å². The van der Waals surface area contributed by atoms with E-state index in [-0.39, 0.29) is 11.4 Å². The summed E-state index contributed by atoms with van der Waals surface area (Å²) >= 11 is 0. The summed E-state index contributed by atoms with van der Waals surface area (Å²) in [5, 5.41) is 10.1. The number of Topliss-reactive ketones (excluding diaryl/α,β-unsaturated/α-hetero) is 1. The van der Waals surface area contributed by atoms with Crippen LogP contribution in [0.1, 0.15) is 51.1 Å². The molecule has 0 fully saturated rings. The second-order valence-corrected chi connectivity index (χ2v) is 5.69. The Kier molecular flexibility index (Phi) is 5.36. The fourth-order valence-electron chi connectivity index (χ4n) is 2.93. The molecule has 1 aromatic carbocycles. The fourth-order valence-corrected chi connectivity index (χ4v) is 2.93. The molecule has 0 saturated heterocycles. The van der Waals surface area contributed by atoms with E-state index in [0.29, 0.717) is 6.54 Å². The second kappa shape index (κ2) is 7.25. The minimum absolute atomic E-state index is 0.215. The molecule has 0 saturated carbocycles. The summed E-state index contributed by atoms with van der Waals surface area (Å²) in [4.78, 5) is 25.9. The van der Waals surface area contributed by atoms with Crippen molar-refractivity contribution in [2.75, 3.05) is 6.54 Å². The summed E-state index contributed by atoms with van der Waals surface area (Å²) in [5.41, 5.74) is 1.08.